The predicted molar refractivity (Wildman–Crippen MR) is 362 cm³/mol. The van der Waals surface area contributed by atoms with Gasteiger partial charge in [-0.25, -0.2) is 0 Å². The van der Waals surface area contributed by atoms with Crippen molar-refractivity contribution >= 4 is 41.4 Å². The number of primary amides is 1. The molecule has 514 valence electrons. The third kappa shape index (κ3) is 47.7. The van der Waals surface area contributed by atoms with E-state index in [1.807, 2.05) is 13.8 Å². The molecule has 7 amide bonds. The smallest absolute Gasteiger partial charge is 0.243 e. The molecule has 19 heteroatoms. The Balaban J connectivity index is 2.92. The topological polar surface area (TPSA) is 311 Å². The molecule has 0 saturated carbocycles. The molecule has 89 heavy (non-hydrogen) atoms. The van der Waals surface area contributed by atoms with Crippen molar-refractivity contribution in [1.29, 1.82) is 0 Å². The van der Waals surface area contributed by atoms with Crippen molar-refractivity contribution in [1.82, 2.24) is 37.2 Å². The summed E-state index contributed by atoms with van der Waals surface area (Å²) in [6.45, 7) is 10.6. The standard InChI is InChI=1S/C70H130N10O9/c1-5-7-9-11-13-15-17-19-21-23-25-27-29-43-64(82)74-51-38-34-42-61(77-65(83)44-30-28-26-24-22-20-18-16-14-12-10-8-6-2)68(86)79-63(41-32-36-50-72)70(88)80-62(40-31-35-49-71)69(87)78-60(67(73)85)39-33-37-52-75-66(84)53-57-45-47-59(48-46-57)89-55-58(81)54-76-56(3)4/h45-48,56,58,60-63,76,81H,5-44,49-55,71-72H2,1-4H3,(H2,73,85)(H,74,82)(H,75,84)(H,77,83)(H,78,87)(H,79,86)(H,80,88)/t58?,60-,61-,62-,63-/m0/s1. The van der Waals surface area contributed by atoms with Crippen LogP contribution in [0.2, 0.25) is 0 Å². The maximum atomic E-state index is 14.3. The van der Waals surface area contributed by atoms with Gasteiger partial charge in [-0.3, -0.25) is 33.6 Å². The molecule has 0 aromatic heterocycles. The average molecular weight is 1260 g/mol. The highest BCUT2D eigenvalue weighted by Gasteiger charge is 2.31. The van der Waals surface area contributed by atoms with Crippen molar-refractivity contribution < 1.29 is 43.4 Å². The number of benzene rings is 1. The van der Waals surface area contributed by atoms with Crippen LogP contribution in [0, 0.1) is 0 Å². The molecule has 0 saturated heterocycles. The molecular formula is C70H130N10O9. The van der Waals surface area contributed by atoms with Crippen molar-refractivity contribution in [3.63, 3.8) is 0 Å². The summed E-state index contributed by atoms with van der Waals surface area (Å²) in [5, 5.41) is 30.7. The molecule has 19 nitrogen and oxygen atoms in total. The molecule has 0 spiro atoms. The molecule has 1 rings (SSSR count). The van der Waals surface area contributed by atoms with E-state index >= 15 is 0 Å². The van der Waals surface area contributed by atoms with E-state index < -0.39 is 53.9 Å². The molecule has 1 unspecified atom stereocenters. The maximum Gasteiger partial charge on any atom is 0.243 e. The number of hydrogen-bond donors (Lipinski definition) is 11. The lowest BCUT2D eigenvalue weighted by Crippen LogP contribution is -2.58. The van der Waals surface area contributed by atoms with E-state index in [2.05, 4.69) is 51.1 Å². The number of hydrogen-bond acceptors (Lipinski definition) is 12. The Hall–Kier alpha value is -4.85. The highest BCUT2D eigenvalue weighted by molar-refractivity contribution is 5.95. The molecule has 0 aliphatic carbocycles. The fourth-order valence-electron chi connectivity index (χ4n) is 10.8. The summed E-state index contributed by atoms with van der Waals surface area (Å²) < 4.78 is 5.68. The second-order valence-corrected chi connectivity index (χ2v) is 25.3. The first-order valence-electron chi connectivity index (χ1n) is 35.7. The first kappa shape index (κ1) is 82.2. The highest BCUT2D eigenvalue weighted by atomic mass is 16.5. The molecule has 0 bridgehead atoms. The number of carbonyl (C=O) groups is 7. The number of aliphatic hydroxyl groups is 1. The van der Waals surface area contributed by atoms with E-state index in [4.69, 9.17) is 21.9 Å². The van der Waals surface area contributed by atoms with Gasteiger partial charge in [0.2, 0.25) is 41.4 Å². The lowest BCUT2D eigenvalue weighted by Gasteiger charge is -2.26. The van der Waals surface area contributed by atoms with E-state index in [0.717, 1.165) is 44.1 Å². The van der Waals surface area contributed by atoms with Gasteiger partial charge in [0.15, 0.2) is 0 Å². The molecule has 0 heterocycles. The zero-order valence-electron chi connectivity index (χ0n) is 56.5. The zero-order chi connectivity index (χ0) is 65.4. The van der Waals surface area contributed by atoms with Gasteiger partial charge in [-0.05, 0) is 121 Å². The van der Waals surface area contributed by atoms with Crippen LogP contribution in [-0.4, -0.2) is 122 Å². The number of rotatable bonds is 62. The zero-order valence-corrected chi connectivity index (χ0v) is 56.5. The molecule has 5 atom stereocenters. The summed E-state index contributed by atoms with van der Waals surface area (Å²) in [5.74, 6) is -2.27. The monoisotopic (exact) mass is 1260 g/mol. The number of nitrogens with two attached hydrogens (primary N) is 3. The summed E-state index contributed by atoms with van der Waals surface area (Å²) >= 11 is 0. The lowest BCUT2D eigenvalue weighted by atomic mass is 10.0. The quantitative estimate of drug-likeness (QED) is 0.0272. The van der Waals surface area contributed by atoms with Crippen LogP contribution in [-0.2, 0) is 40.0 Å². The second-order valence-electron chi connectivity index (χ2n) is 25.3. The van der Waals surface area contributed by atoms with Gasteiger partial charge >= 0.3 is 0 Å². The SMILES string of the molecule is CCCCCCCCCCCCCCCC(=O)NCCCC[C@H](NC(=O)CCCCCCCCCCCCCCC)C(=O)N[C@@H](CCCCN)C(=O)N[C@@H](CCCCN)C(=O)N[C@@H](CCCCNC(=O)Cc1ccc(OCC(O)CNC(C)C)cc1)C(N)=O. The number of amides is 7. The van der Waals surface area contributed by atoms with Crippen LogP contribution in [0.4, 0.5) is 0 Å². The number of ether oxygens (including phenoxy) is 1. The van der Waals surface area contributed by atoms with Crippen molar-refractivity contribution in [2.45, 2.75) is 327 Å². The predicted octanol–water partition coefficient (Wildman–Crippen LogP) is 10.2. The van der Waals surface area contributed by atoms with Crippen LogP contribution in [0.1, 0.15) is 290 Å². The van der Waals surface area contributed by atoms with Gasteiger partial charge in [-0.2, -0.15) is 0 Å². The largest absolute Gasteiger partial charge is 0.491 e. The Morgan fingerprint density at radius 3 is 1.20 bits per heavy atom. The van der Waals surface area contributed by atoms with Gasteiger partial charge in [-0.15, -0.1) is 0 Å². The Kier molecular flexibility index (Phi) is 52.7. The number of carbonyl (C=O) groups excluding carboxylic acids is 7. The number of unbranched alkanes of at least 4 members (excludes halogenated alkanes) is 28. The van der Waals surface area contributed by atoms with Gasteiger partial charge in [0, 0.05) is 38.5 Å². The molecule has 0 aliphatic heterocycles. The lowest BCUT2D eigenvalue weighted by molar-refractivity contribution is -0.134. The van der Waals surface area contributed by atoms with E-state index in [9.17, 15) is 38.7 Å². The molecule has 0 aliphatic rings. The van der Waals surface area contributed by atoms with E-state index in [0.29, 0.717) is 109 Å². The van der Waals surface area contributed by atoms with Gasteiger partial charge in [0.05, 0.1) is 6.42 Å². The van der Waals surface area contributed by atoms with Crippen molar-refractivity contribution in [2.24, 2.45) is 17.2 Å². The summed E-state index contributed by atoms with van der Waals surface area (Å²) in [4.78, 5) is 94.3. The first-order valence-corrected chi connectivity index (χ1v) is 35.7. The molecule has 14 N–H and O–H groups in total. The maximum absolute atomic E-state index is 14.3. The van der Waals surface area contributed by atoms with Crippen LogP contribution in [0.25, 0.3) is 0 Å². The molecule has 1 aromatic carbocycles. The van der Waals surface area contributed by atoms with Gasteiger partial charge in [0.1, 0.15) is 42.6 Å². The third-order valence-corrected chi connectivity index (χ3v) is 16.5. The average Bonchev–Trinajstić information content (AvgIpc) is 3.60. The summed E-state index contributed by atoms with van der Waals surface area (Å²) in [7, 11) is 0. The Morgan fingerprint density at radius 2 is 0.798 bits per heavy atom. The van der Waals surface area contributed by atoms with Crippen LogP contribution in [0.15, 0.2) is 24.3 Å². The highest BCUT2D eigenvalue weighted by Crippen LogP contribution is 2.17. The minimum Gasteiger partial charge on any atom is -0.491 e. The Bertz CT molecular complexity index is 1960. The second kappa shape index (κ2) is 57.1. The number of nitrogens with one attached hydrogen (secondary N) is 7. The van der Waals surface area contributed by atoms with Gasteiger partial charge in [0.25, 0.3) is 0 Å². The Labute approximate surface area is 539 Å². The van der Waals surface area contributed by atoms with E-state index in [-0.39, 0.29) is 62.5 Å². The molecule has 0 fully saturated rings. The summed E-state index contributed by atoms with van der Waals surface area (Å²) in [5.41, 5.74) is 18.3. The minimum atomic E-state index is -1.08. The van der Waals surface area contributed by atoms with Crippen molar-refractivity contribution in [3.8, 4) is 5.75 Å². The molecule has 1 aromatic rings. The van der Waals surface area contributed by atoms with E-state index in [1.54, 1.807) is 24.3 Å². The van der Waals surface area contributed by atoms with Crippen molar-refractivity contribution in [2.75, 3.05) is 39.3 Å². The number of aliphatic hydroxyl groups excluding tert-OH is 1. The normalized spacial score (nSPS) is 13.0. The van der Waals surface area contributed by atoms with E-state index in [1.165, 1.54) is 122 Å². The minimum absolute atomic E-state index is 0.0182. The van der Waals surface area contributed by atoms with Gasteiger partial charge < -0.3 is 64.3 Å². The Morgan fingerprint density at radius 1 is 0.438 bits per heavy atom. The fraction of sp³-hybridized carbons (Fsp3) is 0.814. The van der Waals surface area contributed by atoms with Crippen LogP contribution in [0.3, 0.4) is 0 Å². The summed E-state index contributed by atoms with van der Waals surface area (Å²) in [6.07, 6.45) is 37.0. The van der Waals surface area contributed by atoms with Crippen LogP contribution < -0.4 is 59.2 Å². The summed E-state index contributed by atoms with van der Waals surface area (Å²) in [6, 6.07) is 3.21. The fourth-order valence-corrected chi connectivity index (χ4v) is 10.8. The van der Waals surface area contributed by atoms with Crippen molar-refractivity contribution in [3.05, 3.63) is 29.8 Å². The molecule has 0 radical (unpaired) electrons. The van der Waals surface area contributed by atoms with Gasteiger partial charge in [-0.1, -0.05) is 194 Å². The third-order valence-electron chi connectivity index (χ3n) is 16.5. The molecular weight excluding hydrogens is 1120 g/mol. The van der Waals surface area contributed by atoms with Crippen LogP contribution >= 0.6 is 0 Å². The first-order chi connectivity index (χ1) is 43.1. The van der Waals surface area contributed by atoms with Crippen LogP contribution in [0.5, 0.6) is 5.75 Å².